The molecule has 0 heterocycles. The van der Waals surface area contributed by atoms with Gasteiger partial charge in [-0.15, -0.1) is 0 Å². The van der Waals surface area contributed by atoms with Gasteiger partial charge < -0.3 is 14.9 Å². The molecule has 0 spiro atoms. The highest BCUT2D eigenvalue weighted by Crippen LogP contribution is 2.58. The molecule has 23 heavy (non-hydrogen) atoms. The van der Waals surface area contributed by atoms with Crippen LogP contribution in [0.5, 0.6) is 0 Å². The largest absolute Gasteiger partial charge is 0.461 e. The topological polar surface area (TPSA) is 66.8 Å². The maximum Gasteiger partial charge on any atom is 0.404 e. The highest BCUT2D eigenvalue weighted by Gasteiger charge is 2.63. The lowest BCUT2D eigenvalue weighted by Gasteiger charge is -2.60. The average Bonchev–Trinajstić information content (AvgIpc) is 2.37. The van der Waals surface area contributed by atoms with Gasteiger partial charge in [0.1, 0.15) is 6.10 Å². The maximum atomic E-state index is 13.2. The molecule has 4 saturated carbocycles. The minimum atomic E-state index is -4.67. The Kier molecular flexibility index (Phi) is 3.59. The summed E-state index contributed by atoms with van der Waals surface area (Å²) >= 11 is 0. The molecule has 0 aromatic carbocycles. The Morgan fingerprint density at radius 3 is 1.91 bits per heavy atom. The Morgan fingerprint density at radius 2 is 1.57 bits per heavy atom. The van der Waals surface area contributed by atoms with Gasteiger partial charge >= 0.3 is 12.1 Å². The lowest BCUT2D eigenvalue weighted by Crippen LogP contribution is -2.65. The molecule has 4 fully saturated rings. The first-order valence-corrected chi connectivity index (χ1v) is 8.14. The molecule has 132 valence electrons. The molecule has 1 atom stereocenters. The van der Waals surface area contributed by atoms with Gasteiger partial charge in [0.25, 0.3) is 0 Å². The molecule has 2 N–H and O–H groups in total. The second-order valence-electron chi connectivity index (χ2n) is 8.02. The Labute approximate surface area is 133 Å². The Balaban J connectivity index is 1.78. The van der Waals surface area contributed by atoms with Gasteiger partial charge in [0.05, 0.1) is 11.2 Å². The molecule has 4 aliphatic rings. The van der Waals surface area contributed by atoms with Gasteiger partial charge in [0.2, 0.25) is 0 Å². The van der Waals surface area contributed by atoms with Gasteiger partial charge in [0.15, 0.2) is 5.41 Å². The van der Waals surface area contributed by atoms with E-state index in [1.807, 2.05) is 0 Å². The minimum Gasteiger partial charge on any atom is -0.461 e. The van der Waals surface area contributed by atoms with Crippen molar-refractivity contribution < 1.29 is 32.9 Å². The zero-order valence-corrected chi connectivity index (χ0v) is 13.3. The molecule has 7 heteroatoms. The predicted molar refractivity (Wildman–Crippen MR) is 74.3 cm³/mol. The number of ether oxygens (including phenoxy) is 1. The van der Waals surface area contributed by atoms with E-state index in [-0.39, 0.29) is 18.3 Å². The molecule has 0 aromatic rings. The van der Waals surface area contributed by atoms with Crippen LogP contribution in [0.2, 0.25) is 0 Å². The van der Waals surface area contributed by atoms with Gasteiger partial charge in [-0.25, -0.2) is 0 Å². The van der Waals surface area contributed by atoms with Crippen LogP contribution in [0.15, 0.2) is 0 Å². The maximum absolute atomic E-state index is 13.2. The molecule has 0 aromatic heterocycles. The fraction of sp³-hybridized carbons (Fsp3) is 0.938. The van der Waals surface area contributed by atoms with Gasteiger partial charge in [-0.2, -0.15) is 13.2 Å². The van der Waals surface area contributed by atoms with Gasteiger partial charge in [-0.3, -0.25) is 4.79 Å². The number of aliphatic hydroxyl groups is 2. The molecule has 0 radical (unpaired) electrons. The standard InChI is InChI=1S/C16H23F3O4/c1-3-13(2,16(17,18)19)12(20)23-11-9-4-14(21)6-10(11)7-15(22,5-9)8-14/h9-11,21-22H,3-8H2,1-2H3. The van der Waals surface area contributed by atoms with E-state index in [2.05, 4.69) is 0 Å². The first-order chi connectivity index (χ1) is 10.4. The van der Waals surface area contributed by atoms with E-state index in [1.54, 1.807) is 0 Å². The summed E-state index contributed by atoms with van der Waals surface area (Å²) in [4.78, 5) is 12.2. The molecule has 0 amide bonds. The zero-order chi connectivity index (χ0) is 17.3. The summed E-state index contributed by atoms with van der Waals surface area (Å²) < 4.78 is 44.9. The van der Waals surface area contributed by atoms with Gasteiger partial charge in [0, 0.05) is 18.3 Å². The van der Waals surface area contributed by atoms with E-state index in [4.69, 9.17) is 4.74 Å². The normalized spacial score (nSPS) is 44.9. The summed E-state index contributed by atoms with van der Waals surface area (Å²) in [7, 11) is 0. The number of hydrogen-bond donors (Lipinski definition) is 2. The minimum absolute atomic E-state index is 0.274. The summed E-state index contributed by atoms with van der Waals surface area (Å²) in [5, 5.41) is 20.9. The number of alkyl halides is 3. The quantitative estimate of drug-likeness (QED) is 0.778. The van der Waals surface area contributed by atoms with Crippen LogP contribution in [0.4, 0.5) is 13.2 Å². The molecule has 0 saturated heterocycles. The summed E-state index contributed by atoms with van der Waals surface area (Å²) in [5.41, 5.74) is -4.46. The fourth-order valence-corrected chi connectivity index (χ4v) is 4.92. The lowest BCUT2D eigenvalue weighted by molar-refractivity contribution is -0.261. The molecule has 4 rings (SSSR count). The molecule has 4 nitrogen and oxygen atoms in total. The molecule has 4 aliphatic carbocycles. The third-order valence-corrected chi connectivity index (χ3v) is 6.18. The number of carbonyl (C=O) groups excluding carboxylic acids is 1. The Hall–Kier alpha value is -0.820. The summed E-state index contributed by atoms with van der Waals surface area (Å²) in [6.07, 6.45) is -3.89. The number of hydrogen-bond acceptors (Lipinski definition) is 4. The lowest BCUT2D eigenvalue weighted by atomic mass is 9.51. The van der Waals surface area contributed by atoms with Crippen LogP contribution >= 0.6 is 0 Å². The van der Waals surface area contributed by atoms with E-state index in [1.165, 1.54) is 6.92 Å². The van der Waals surface area contributed by atoms with E-state index in [0.29, 0.717) is 32.1 Å². The van der Waals surface area contributed by atoms with Gasteiger partial charge in [-0.05, 0) is 39.0 Å². The third-order valence-electron chi connectivity index (χ3n) is 6.18. The molecule has 1 unspecified atom stereocenters. The fourth-order valence-electron chi connectivity index (χ4n) is 4.92. The van der Waals surface area contributed by atoms with Crippen molar-refractivity contribution in [2.24, 2.45) is 17.3 Å². The van der Waals surface area contributed by atoms with E-state index >= 15 is 0 Å². The van der Waals surface area contributed by atoms with Crippen molar-refractivity contribution in [2.75, 3.05) is 0 Å². The van der Waals surface area contributed by atoms with Crippen molar-refractivity contribution in [3.05, 3.63) is 0 Å². The van der Waals surface area contributed by atoms with Crippen LogP contribution in [-0.4, -0.2) is 39.7 Å². The Morgan fingerprint density at radius 1 is 1.13 bits per heavy atom. The molecular formula is C16H23F3O4. The molecule has 0 aliphatic heterocycles. The highest BCUT2D eigenvalue weighted by atomic mass is 19.4. The zero-order valence-electron chi connectivity index (χ0n) is 13.3. The van der Waals surface area contributed by atoms with Crippen LogP contribution in [0.25, 0.3) is 0 Å². The van der Waals surface area contributed by atoms with Crippen LogP contribution in [0.1, 0.15) is 52.4 Å². The second kappa shape index (κ2) is 4.85. The average molecular weight is 336 g/mol. The van der Waals surface area contributed by atoms with Crippen LogP contribution in [0.3, 0.4) is 0 Å². The van der Waals surface area contributed by atoms with Crippen molar-refractivity contribution in [3.63, 3.8) is 0 Å². The first kappa shape index (κ1) is 17.0. The number of esters is 1. The SMILES string of the molecule is CCC(C)(C(=O)OC1C2CC3(O)CC1CC(O)(C2)C3)C(F)(F)F. The van der Waals surface area contributed by atoms with Crippen LogP contribution < -0.4 is 0 Å². The van der Waals surface area contributed by atoms with Crippen molar-refractivity contribution in [1.82, 2.24) is 0 Å². The van der Waals surface area contributed by atoms with Crippen LogP contribution in [-0.2, 0) is 9.53 Å². The van der Waals surface area contributed by atoms with E-state index < -0.39 is 34.9 Å². The van der Waals surface area contributed by atoms with Crippen molar-refractivity contribution in [1.29, 1.82) is 0 Å². The van der Waals surface area contributed by atoms with Crippen LogP contribution in [0, 0.1) is 17.3 Å². The smallest absolute Gasteiger partial charge is 0.404 e. The third kappa shape index (κ3) is 2.56. The number of rotatable bonds is 3. The molecular weight excluding hydrogens is 313 g/mol. The first-order valence-electron chi connectivity index (χ1n) is 8.14. The van der Waals surface area contributed by atoms with E-state index in [9.17, 15) is 28.2 Å². The van der Waals surface area contributed by atoms with Crippen molar-refractivity contribution in [2.45, 2.75) is 75.9 Å². The monoisotopic (exact) mass is 336 g/mol. The summed E-state index contributed by atoms with van der Waals surface area (Å²) in [5.74, 6) is -1.79. The highest BCUT2D eigenvalue weighted by molar-refractivity contribution is 5.77. The van der Waals surface area contributed by atoms with Crippen molar-refractivity contribution in [3.8, 4) is 0 Å². The second-order valence-corrected chi connectivity index (χ2v) is 8.02. The number of halogens is 3. The van der Waals surface area contributed by atoms with Gasteiger partial charge in [-0.1, -0.05) is 6.92 Å². The van der Waals surface area contributed by atoms with E-state index in [0.717, 1.165) is 6.92 Å². The number of carbonyl (C=O) groups is 1. The Bertz CT molecular complexity index is 482. The predicted octanol–water partition coefficient (Wildman–Crippen LogP) is 2.56. The molecule has 4 bridgehead atoms. The van der Waals surface area contributed by atoms with Crippen molar-refractivity contribution >= 4 is 5.97 Å². The summed E-state index contributed by atoms with van der Waals surface area (Å²) in [6, 6.07) is 0. The summed E-state index contributed by atoms with van der Waals surface area (Å²) in [6.45, 7) is 2.18.